The van der Waals surface area contributed by atoms with E-state index >= 15 is 0 Å². The third-order valence-corrected chi connectivity index (χ3v) is 3.81. The van der Waals surface area contributed by atoms with Gasteiger partial charge in [-0.25, -0.2) is 0 Å². The molecule has 0 fully saturated rings. The second-order valence-electron chi connectivity index (χ2n) is 5.52. The zero-order valence-electron chi connectivity index (χ0n) is 14.1. The predicted molar refractivity (Wildman–Crippen MR) is 99.6 cm³/mol. The van der Waals surface area contributed by atoms with Crippen LogP contribution in [-0.4, -0.2) is 22.4 Å². The Morgan fingerprint density at radius 1 is 1.08 bits per heavy atom. The lowest BCUT2D eigenvalue weighted by Gasteiger charge is -2.21. The van der Waals surface area contributed by atoms with Crippen molar-refractivity contribution in [2.75, 3.05) is 16.8 Å². The zero-order chi connectivity index (χ0) is 17.5. The van der Waals surface area contributed by atoms with Crippen molar-refractivity contribution in [2.24, 2.45) is 0 Å². The first-order valence-electron chi connectivity index (χ1n) is 8.23. The Morgan fingerprint density at radius 2 is 1.88 bits per heavy atom. The zero-order valence-corrected chi connectivity index (χ0v) is 14.1. The Balaban J connectivity index is 1.75. The number of hydrogen-bond acceptors (Lipinski definition) is 4. The van der Waals surface area contributed by atoms with Crippen molar-refractivity contribution in [3.8, 4) is 0 Å². The Labute approximate surface area is 147 Å². The number of pyridine rings is 2. The topological polar surface area (TPSA) is 58.1 Å². The van der Waals surface area contributed by atoms with Crippen LogP contribution in [0, 0.1) is 0 Å². The molecule has 0 bridgehead atoms. The summed E-state index contributed by atoms with van der Waals surface area (Å²) in [5.74, 6) is -0.0670. The van der Waals surface area contributed by atoms with Gasteiger partial charge in [-0.05, 0) is 37.3 Å². The van der Waals surface area contributed by atoms with E-state index < -0.39 is 0 Å². The molecule has 0 saturated carbocycles. The third-order valence-electron chi connectivity index (χ3n) is 3.81. The Morgan fingerprint density at radius 3 is 2.60 bits per heavy atom. The second-order valence-corrected chi connectivity index (χ2v) is 5.52. The molecular weight excluding hydrogens is 312 g/mol. The van der Waals surface area contributed by atoms with Gasteiger partial charge in [0.1, 0.15) is 0 Å². The Bertz CT molecular complexity index is 821. The summed E-state index contributed by atoms with van der Waals surface area (Å²) in [5, 5.41) is 3.26. The summed E-state index contributed by atoms with van der Waals surface area (Å²) < 4.78 is 0. The summed E-state index contributed by atoms with van der Waals surface area (Å²) in [5.41, 5.74) is 3.15. The Hall–Kier alpha value is -3.21. The van der Waals surface area contributed by atoms with E-state index in [1.165, 1.54) is 0 Å². The maximum absolute atomic E-state index is 12.8. The van der Waals surface area contributed by atoms with Gasteiger partial charge >= 0.3 is 0 Å². The van der Waals surface area contributed by atoms with Crippen LogP contribution in [0.2, 0.25) is 0 Å². The summed E-state index contributed by atoms with van der Waals surface area (Å²) in [6.07, 6.45) is 5.06. The minimum Gasteiger partial charge on any atom is -0.378 e. The molecule has 0 spiro atoms. The molecular formula is C20H20N4O. The first kappa shape index (κ1) is 16.6. The summed E-state index contributed by atoms with van der Waals surface area (Å²) in [6, 6.07) is 17.2. The van der Waals surface area contributed by atoms with Crippen LogP contribution in [0.4, 0.5) is 11.4 Å². The van der Waals surface area contributed by atoms with E-state index in [1.807, 2.05) is 61.5 Å². The highest BCUT2D eigenvalue weighted by molar-refractivity contribution is 6.06. The van der Waals surface area contributed by atoms with Gasteiger partial charge in [-0.3, -0.25) is 14.8 Å². The van der Waals surface area contributed by atoms with Crippen LogP contribution in [0.3, 0.4) is 0 Å². The molecule has 0 radical (unpaired) electrons. The average Bonchev–Trinajstić information content (AvgIpc) is 2.69. The highest BCUT2D eigenvalue weighted by atomic mass is 16.2. The molecule has 2 heterocycles. The molecule has 1 N–H and O–H groups in total. The summed E-state index contributed by atoms with van der Waals surface area (Å²) >= 11 is 0. The van der Waals surface area contributed by atoms with Crippen LogP contribution >= 0.6 is 0 Å². The van der Waals surface area contributed by atoms with Crippen molar-refractivity contribution in [1.29, 1.82) is 0 Å². The van der Waals surface area contributed by atoms with Gasteiger partial charge in [0.2, 0.25) is 0 Å². The van der Waals surface area contributed by atoms with Gasteiger partial charge in [0, 0.05) is 30.8 Å². The van der Waals surface area contributed by atoms with Crippen LogP contribution < -0.4 is 10.2 Å². The molecule has 126 valence electrons. The first-order valence-corrected chi connectivity index (χ1v) is 8.23. The minimum absolute atomic E-state index is 0.0670. The molecule has 5 nitrogen and oxygen atoms in total. The van der Waals surface area contributed by atoms with Gasteiger partial charge in [0.15, 0.2) is 0 Å². The lowest BCUT2D eigenvalue weighted by atomic mass is 10.2. The van der Waals surface area contributed by atoms with Crippen LogP contribution in [0.5, 0.6) is 0 Å². The van der Waals surface area contributed by atoms with E-state index in [2.05, 4.69) is 15.3 Å². The van der Waals surface area contributed by atoms with Crippen molar-refractivity contribution in [3.63, 3.8) is 0 Å². The summed E-state index contributed by atoms with van der Waals surface area (Å²) in [6.45, 7) is 3.13. The van der Waals surface area contributed by atoms with E-state index in [4.69, 9.17) is 0 Å². The van der Waals surface area contributed by atoms with Gasteiger partial charge in [-0.2, -0.15) is 0 Å². The number of carbonyl (C=O) groups excluding carboxylic acids is 1. The fraction of sp³-hybridized carbons (Fsp3) is 0.150. The number of nitrogens with one attached hydrogen (secondary N) is 1. The molecule has 1 amide bonds. The van der Waals surface area contributed by atoms with Crippen LogP contribution in [-0.2, 0) is 6.54 Å². The Kier molecular flexibility index (Phi) is 5.36. The molecule has 0 aliphatic rings. The van der Waals surface area contributed by atoms with E-state index in [9.17, 15) is 4.79 Å². The van der Waals surface area contributed by atoms with E-state index in [1.54, 1.807) is 23.5 Å². The fourth-order valence-corrected chi connectivity index (χ4v) is 2.56. The van der Waals surface area contributed by atoms with E-state index in [0.717, 1.165) is 17.1 Å². The fourth-order valence-electron chi connectivity index (χ4n) is 2.56. The van der Waals surface area contributed by atoms with E-state index in [-0.39, 0.29) is 5.91 Å². The maximum atomic E-state index is 12.8. The highest BCUT2D eigenvalue weighted by Crippen LogP contribution is 2.18. The molecule has 0 saturated heterocycles. The van der Waals surface area contributed by atoms with Crippen molar-refractivity contribution in [3.05, 3.63) is 84.4 Å². The number of hydrogen-bond donors (Lipinski definition) is 1. The smallest absolute Gasteiger partial charge is 0.259 e. The normalized spacial score (nSPS) is 10.3. The molecule has 2 aromatic heterocycles. The minimum atomic E-state index is -0.0670. The van der Waals surface area contributed by atoms with Gasteiger partial charge in [0.25, 0.3) is 5.91 Å². The molecule has 1 aromatic carbocycles. The number of anilines is 2. The molecule has 25 heavy (non-hydrogen) atoms. The first-order chi connectivity index (χ1) is 12.3. The van der Waals surface area contributed by atoms with Crippen molar-refractivity contribution >= 4 is 17.3 Å². The monoisotopic (exact) mass is 332 g/mol. The quantitative estimate of drug-likeness (QED) is 0.747. The number of carbonyl (C=O) groups is 1. The molecule has 3 aromatic rings. The molecule has 0 unspecified atom stereocenters. The van der Waals surface area contributed by atoms with Gasteiger partial charge in [-0.1, -0.05) is 24.3 Å². The number of amides is 1. The average molecular weight is 332 g/mol. The third kappa shape index (κ3) is 4.20. The standard InChI is InChI=1S/C20H20N4O/c1-2-24(19-9-4-3-5-10-19)20(25)16-12-18(14-21-13-16)23-15-17-8-6-7-11-22-17/h3-14,23H,2,15H2,1H3. The number of para-hydroxylation sites is 1. The van der Waals surface area contributed by atoms with Crippen molar-refractivity contribution < 1.29 is 4.79 Å². The highest BCUT2D eigenvalue weighted by Gasteiger charge is 2.16. The molecule has 0 aliphatic carbocycles. The van der Waals surface area contributed by atoms with Gasteiger partial charge < -0.3 is 10.2 Å². The van der Waals surface area contributed by atoms with Crippen molar-refractivity contribution in [1.82, 2.24) is 9.97 Å². The molecule has 5 heteroatoms. The largest absolute Gasteiger partial charge is 0.378 e. The number of benzene rings is 1. The molecule has 0 atom stereocenters. The maximum Gasteiger partial charge on any atom is 0.259 e. The summed E-state index contributed by atoms with van der Waals surface area (Å²) in [7, 11) is 0. The SMILES string of the molecule is CCN(C(=O)c1cncc(NCc2ccccn2)c1)c1ccccc1. The molecule has 0 aliphatic heterocycles. The number of aromatic nitrogens is 2. The van der Waals surface area contributed by atoms with Gasteiger partial charge in [-0.15, -0.1) is 0 Å². The number of nitrogens with zero attached hydrogens (tertiary/aromatic N) is 3. The van der Waals surface area contributed by atoms with Crippen LogP contribution in [0.15, 0.2) is 73.2 Å². The lowest BCUT2D eigenvalue weighted by Crippen LogP contribution is -2.30. The van der Waals surface area contributed by atoms with Gasteiger partial charge in [0.05, 0.1) is 23.5 Å². The van der Waals surface area contributed by atoms with E-state index in [0.29, 0.717) is 18.7 Å². The second kappa shape index (κ2) is 8.06. The summed E-state index contributed by atoms with van der Waals surface area (Å²) in [4.78, 5) is 23.1. The predicted octanol–water partition coefficient (Wildman–Crippen LogP) is 3.76. The molecule has 3 rings (SSSR count). The van der Waals surface area contributed by atoms with Crippen LogP contribution in [0.1, 0.15) is 23.0 Å². The van der Waals surface area contributed by atoms with Crippen LogP contribution in [0.25, 0.3) is 0 Å². The van der Waals surface area contributed by atoms with Crippen molar-refractivity contribution in [2.45, 2.75) is 13.5 Å². The number of rotatable bonds is 6. The lowest BCUT2D eigenvalue weighted by molar-refractivity contribution is 0.0988.